The quantitative estimate of drug-likeness (QED) is 0.112. The Labute approximate surface area is 348 Å². The number of aromatic nitrogens is 2. The second-order valence-corrected chi connectivity index (χ2v) is 14.9. The maximum atomic E-state index is 14.6. The van der Waals surface area contributed by atoms with Crippen LogP contribution in [0.25, 0.3) is 11.0 Å². The van der Waals surface area contributed by atoms with Gasteiger partial charge >= 0.3 is 17.7 Å². The van der Waals surface area contributed by atoms with Gasteiger partial charge in [-0.3, -0.25) is 9.88 Å². The van der Waals surface area contributed by atoms with E-state index in [2.05, 4.69) is 56.4 Å². The van der Waals surface area contributed by atoms with Gasteiger partial charge in [0.1, 0.15) is 48.0 Å². The molecule has 4 N–H and O–H groups in total. The first-order chi connectivity index (χ1) is 28.4. The van der Waals surface area contributed by atoms with E-state index in [1.165, 1.54) is 39.3 Å². The molecular weight excluding hydrogens is 811 g/mol. The number of nitrogens with zero attached hydrogens (tertiary/aromatic N) is 2. The molecule has 0 radical (unpaired) electrons. The number of nitrogens with one attached hydrogen (secondary N) is 3. The van der Waals surface area contributed by atoms with E-state index in [1.807, 2.05) is 25.1 Å². The lowest BCUT2D eigenvalue weighted by atomic mass is 10.1. The molecule has 3 heterocycles. The van der Waals surface area contributed by atoms with Crippen molar-refractivity contribution in [2.75, 3.05) is 58.3 Å². The molecule has 60 heavy (non-hydrogen) atoms. The van der Waals surface area contributed by atoms with Crippen LogP contribution in [0, 0.1) is 6.92 Å². The van der Waals surface area contributed by atoms with E-state index in [0.717, 1.165) is 34.5 Å². The van der Waals surface area contributed by atoms with Crippen LogP contribution in [-0.2, 0) is 31.8 Å². The Bertz CT molecular complexity index is 2010. The van der Waals surface area contributed by atoms with Crippen LogP contribution < -0.4 is 40.1 Å². The molecule has 1 amide bonds. The molecule has 2 aromatic heterocycles. The van der Waals surface area contributed by atoms with Crippen LogP contribution in [0.3, 0.4) is 0 Å². The van der Waals surface area contributed by atoms with Gasteiger partial charge < -0.3 is 57.1 Å². The molecular formula is C40H58F2N5O12P. The third-order valence-corrected chi connectivity index (χ3v) is 10.3. The molecule has 1 fully saturated rings. The number of aliphatic hydroxyl groups is 1. The van der Waals surface area contributed by atoms with Crippen molar-refractivity contribution in [3.05, 3.63) is 82.1 Å². The summed E-state index contributed by atoms with van der Waals surface area (Å²) in [4.78, 5) is 52.8. The number of furan rings is 1. The Morgan fingerprint density at radius 1 is 0.950 bits per heavy atom. The standard InChI is InChI=1S/C28H28F2N3O12P.2C6H15N/c1-15-9-19(40-2)10-17-11-20(44-23(15)17)13-41-18-5-3-16(4-6-18)12-42-27(36)32-22-7-8-33(26(35)31-22)25-28(29,30)24(34)21(45-25)14-43-46(37,38)39;2*1-4-7(5-2)6-3/h3-11,21,24-25,34H,12-14H2,1-2H3,(H2,37,38,39)(H,31,32,35,36);2*4-6H2,1-3H3/t21-,24-,25-;;/m1../s1. The first-order valence-corrected chi connectivity index (χ1v) is 21.3. The van der Waals surface area contributed by atoms with Crippen molar-refractivity contribution in [1.82, 2.24) is 9.55 Å². The highest BCUT2D eigenvalue weighted by atomic mass is 31.2. The third-order valence-electron chi connectivity index (χ3n) is 9.83. The zero-order chi connectivity index (χ0) is 44.6. The van der Waals surface area contributed by atoms with Crippen LogP contribution in [0.4, 0.5) is 19.4 Å². The van der Waals surface area contributed by atoms with Gasteiger partial charge in [-0.05, 0) is 96.0 Å². The molecule has 2 aromatic carbocycles. The molecule has 4 aromatic rings. The molecule has 0 unspecified atom stereocenters. The lowest BCUT2D eigenvalue weighted by molar-refractivity contribution is -0.894. The number of alkyl halides is 2. The number of quaternary nitrogens is 2. The first kappa shape index (κ1) is 49.9. The van der Waals surface area contributed by atoms with Crippen molar-refractivity contribution >= 4 is 30.7 Å². The fourth-order valence-corrected chi connectivity index (χ4v) is 6.42. The molecule has 17 nitrogen and oxygen atoms in total. The van der Waals surface area contributed by atoms with Crippen molar-refractivity contribution in [2.45, 2.75) is 86.0 Å². The second kappa shape index (κ2) is 23.5. The SMILES string of the molecule is CC[NH+](CC)CC.CC[NH+](CC)CC.COc1cc(C)c2oc(COc3ccc(COC(=O)Nc4ccn([C@@H]5O[C@H](COP(=O)([O-])[O-])[C@@H](O)C5(F)F)c(=O)n4)cc3)cc2c1. The Hall–Kier alpha value is -4.46. The average molecular weight is 870 g/mol. The van der Waals surface area contributed by atoms with Gasteiger partial charge in [0.15, 0.2) is 6.10 Å². The number of amides is 1. The molecule has 1 aliphatic heterocycles. The number of anilines is 1. The van der Waals surface area contributed by atoms with Gasteiger partial charge in [-0.1, -0.05) is 12.1 Å². The normalized spacial score (nSPS) is 17.1. The van der Waals surface area contributed by atoms with Crippen molar-refractivity contribution < 1.29 is 70.7 Å². The molecule has 0 spiro atoms. The highest BCUT2D eigenvalue weighted by Crippen LogP contribution is 2.43. The van der Waals surface area contributed by atoms with E-state index >= 15 is 0 Å². The topological polar surface area (TPSA) is 216 Å². The van der Waals surface area contributed by atoms with Crippen molar-refractivity contribution in [1.29, 1.82) is 0 Å². The summed E-state index contributed by atoms with van der Waals surface area (Å²) in [5.41, 5.74) is 0.964. The van der Waals surface area contributed by atoms with Gasteiger partial charge in [0.2, 0.25) is 6.23 Å². The monoisotopic (exact) mass is 869 g/mol. The fraction of sp³-hybridized carbons (Fsp3) is 0.525. The maximum absolute atomic E-state index is 14.6. The lowest BCUT2D eigenvalue weighted by Gasteiger charge is -2.30. The van der Waals surface area contributed by atoms with Crippen molar-refractivity contribution in [2.24, 2.45) is 0 Å². The van der Waals surface area contributed by atoms with Crippen LogP contribution in [-0.4, -0.2) is 91.9 Å². The minimum absolute atomic E-state index is 0.170. The Morgan fingerprint density at radius 2 is 1.55 bits per heavy atom. The molecule has 3 atom stereocenters. The molecule has 0 bridgehead atoms. The van der Waals surface area contributed by atoms with Crippen LogP contribution in [0.1, 0.15) is 64.7 Å². The van der Waals surface area contributed by atoms with Crippen LogP contribution in [0.5, 0.6) is 11.5 Å². The van der Waals surface area contributed by atoms with E-state index < -0.39 is 50.6 Å². The predicted molar refractivity (Wildman–Crippen MR) is 214 cm³/mol. The Kier molecular flexibility index (Phi) is 19.6. The minimum Gasteiger partial charge on any atom is -0.790 e. The molecule has 1 aliphatic rings. The summed E-state index contributed by atoms with van der Waals surface area (Å²) in [6, 6.07) is 13.3. The summed E-state index contributed by atoms with van der Waals surface area (Å²) in [6.45, 7) is 21.7. The number of carbonyl (C=O) groups is 1. The fourth-order valence-electron chi connectivity index (χ4n) is 6.09. The predicted octanol–water partition coefficient (Wildman–Crippen LogP) is 2.24. The van der Waals surface area contributed by atoms with Crippen LogP contribution in [0.2, 0.25) is 0 Å². The number of carbonyl (C=O) groups excluding carboxylic acids is 1. The number of methoxy groups -OCH3 is 1. The number of phosphoric acid groups is 1. The van der Waals surface area contributed by atoms with Gasteiger partial charge in [-0.25, -0.2) is 9.59 Å². The summed E-state index contributed by atoms with van der Waals surface area (Å²) < 4.78 is 71.0. The van der Waals surface area contributed by atoms with E-state index in [-0.39, 0.29) is 19.0 Å². The first-order valence-electron chi connectivity index (χ1n) is 19.8. The molecule has 0 aliphatic carbocycles. The van der Waals surface area contributed by atoms with Gasteiger partial charge in [-0.15, -0.1) is 0 Å². The van der Waals surface area contributed by atoms with E-state index in [0.29, 0.717) is 21.6 Å². The third kappa shape index (κ3) is 14.6. The highest BCUT2D eigenvalue weighted by molar-refractivity contribution is 7.43. The van der Waals surface area contributed by atoms with E-state index in [1.54, 1.807) is 41.2 Å². The zero-order valence-corrected chi connectivity index (χ0v) is 36.2. The number of halogens is 2. The van der Waals surface area contributed by atoms with E-state index in [9.17, 15) is 37.8 Å². The van der Waals surface area contributed by atoms with Gasteiger partial charge in [0.05, 0.1) is 60.8 Å². The number of rotatable bonds is 17. The number of aryl methyl sites for hydroxylation is 1. The summed E-state index contributed by atoms with van der Waals surface area (Å²) in [6.07, 6.45) is -7.14. The highest BCUT2D eigenvalue weighted by Gasteiger charge is 2.59. The van der Waals surface area contributed by atoms with Crippen molar-refractivity contribution in [3.8, 4) is 11.5 Å². The molecule has 1 saturated heterocycles. The number of phosphoric ester groups is 1. The average Bonchev–Trinajstić information content (AvgIpc) is 3.74. The molecule has 334 valence electrons. The number of benzene rings is 2. The summed E-state index contributed by atoms with van der Waals surface area (Å²) in [5.74, 6) is -2.56. The zero-order valence-electron chi connectivity index (χ0n) is 35.3. The Balaban J connectivity index is 0.000000589. The number of hydrogen-bond donors (Lipinski definition) is 4. The number of hydrogen-bond acceptors (Lipinski definition) is 13. The number of aliphatic hydroxyl groups excluding tert-OH is 1. The van der Waals surface area contributed by atoms with Gasteiger partial charge in [-0.2, -0.15) is 13.8 Å². The lowest BCUT2D eigenvalue weighted by Crippen LogP contribution is -3.11. The molecule has 20 heteroatoms. The maximum Gasteiger partial charge on any atom is 0.413 e. The summed E-state index contributed by atoms with van der Waals surface area (Å²) in [5, 5.41) is 12.9. The van der Waals surface area contributed by atoms with E-state index in [4.69, 9.17) is 23.4 Å². The number of fused-ring (bicyclic) bond motifs is 1. The summed E-state index contributed by atoms with van der Waals surface area (Å²) >= 11 is 0. The smallest absolute Gasteiger partial charge is 0.413 e. The summed E-state index contributed by atoms with van der Waals surface area (Å²) in [7, 11) is -3.95. The number of ether oxygens (including phenoxy) is 4. The van der Waals surface area contributed by atoms with Crippen molar-refractivity contribution in [3.63, 3.8) is 0 Å². The van der Waals surface area contributed by atoms with Crippen LogP contribution in [0.15, 0.2) is 63.9 Å². The Morgan fingerprint density at radius 3 is 2.07 bits per heavy atom. The molecule has 5 rings (SSSR count). The van der Waals surface area contributed by atoms with Crippen LogP contribution >= 0.6 is 7.82 Å². The van der Waals surface area contributed by atoms with Gasteiger partial charge in [0.25, 0.3) is 0 Å². The second-order valence-electron chi connectivity index (χ2n) is 13.7. The van der Waals surface area contributed by atoms with Gasteiger partial charge in [0, 0.05) is 11.6 Å². The minimum atomic E-state index is -5.54. The molecule has 0 saturated carbocycles. The largest absolute Gasteiger partial charge is 0.790 e.